The maximum atomic E-state index is 9.99. The summed E-state index contributed by atoms with van der Waals surface area (Å²) in [6, 6.07) is 20.8. The Bertz CT molecular complexity index is 686. The highest BCUT2D eigenvalue weighted by Crippen LogP contribution is 2.36. The molecule has 0 bridgehead atoms. The van der Waals surface area contributed by atoms with E-state index in [1.165, 1.54) is 10.4 Å². The molecule has 5 nitrogen and oxygen atoms in total. The minimum absolute atomic E-state index is 0.0700. The van der Waals surface area contributed by atoms with Crippen LogP contribution in [0.15, 0.2) is 65.8 Å². The second kappa shape index (κ2) is 9.01. The molecule has 6 heteroatoms. The Morgan fingerprint density at radius 1 is 1.04 bits per heavy atom. The molecule has 1 unspecified atom stereocenters. The van der Waals surface area contributed by atoms with Gasteiger partial charge < -0.3 is 9.53 Å². The number of rotatable bonds is 8. The number of aliphatic hydroxyl groups excluding tert-OH is 1. The Morgan fingerprint density at radius 2 is 1.54 bits per heavy atom. The van der Waals surface area contributed by atoms with Crippen LogP contribution in [0.5, 0.6) is 0 Å². The second-order valence-electron chi connectivity index (χ2n) is 7.37. The van der Waals surface area contributed by atoms with Gasteiger partial charge in [0.2, 0.25) is 0 Å². The van der Waals surface area contributed by atoms with Crippen LogP contribution in [0.3, 0.4) is 0 Å². The average Bonchev–Trinajstić information content (AvgIpc) is 2.64. The molecule has 26 heavy (non-hydrogen) atoms. The first-order valence-corrected chi connectivity index (χ1v) is 10.8. The number of azide groups is 1. The Hall–Kier alpha value is -2.11. The van der Waals surface area contributed by atoms with E-state index >= 15 is 0 Å². The lowest BCUT2D eigenvalue weighted by atomic mass is 10.2. The fourth-order valence-corrected chi connectivity index (χ4v) is 7.91. The molecule has 2 aromatic carbocycles. The minimum atomic E-state index is -2.56. The lowest BCUT2D eigenvalue weighted by Crippen LogP contribution is -2.66. The van der Waals surface area contributed by atoms with Crippen LogP contribution in [-0.2, 0) is 4.43 Å². The van der Waals surface area contributed by atoms with Gasteiger partial charge in [0, 0.05) is 11.5 Å². The largest absolute Gasteiger partial charge is 0.407 e. The maximum Gasteiger partial charge on any atom is 0.261 e. The second-order valence-corrected chi connectivity index (χ2v) is 11.7. The average molecular weight is 370 g/mol. The molecular weight excluding hydrogens is 342 g/mol. The van der Waals surface area contributed by atoms with Gasteiger partial charge in [-0.3, -0.25) is 0 Å². The topological polar surface area (TPSA) is 78.2 Å². The van der Waals surface area contributed by atoms with Crippen molar-refractivity contribution in [2.24, 2.45) is 5.11 Å². The van der Waals surface area contributed by atoms with E-state index in [-0.39, 0.29) is 11.6 Å². The molecule has 0 aromatic heterocycles. The predicted octanol–water partition coefficient (Wildman–Crippen LogP) is 3.62. The van der Waals surface area contributed by atoms with Gasteiger partial charge in [0.05, 0.1) is 12.6 Å². The molecule has 138 valence electrons. The van der Waals surface area contributed by atoms with Crippen LogP contribution in [0, 0.1) is 0 Å². The predicted molar refractivity (Wildman–Crippen MR) is 108 cm³/mol. The first-order chi connectivity index (χ1) is 12.4. The van der Waals surface area contributed by atoms with E-state index in [0.29, 0.717) is 13.0 Å². The Balaban J connectivity index is 2.39. The molecule has 2 aromatic rings. The summed E-state index contributed by atoms with van der Waals surface area (Å²) >= 11 is 0. The van der Waals surface area contributed by atoms with Crippen molar-refractivity contribution in [3.8, 4) is 0 Å². The van der Waals surface area contributed by atoms with Crippen molar-refractivity contribution in [2.45, 2.75) is 38.3 Å². The van der Waals surface area contributed by atoms with Gasteiger partial charge in [-0.15, -0.1) is 0 Å². The molecule has 0 spiro atoms. The van der Waals surface area contributed by atoms with Crippen molar-refractivity contribution in [1.82, 2.24) is 0 Å². The van der Waals surface area contributed by atoms with Gasteiger partial charge in [0.25, 0.3) is 8.32 Å². The monoisotopic (exact) mass is 369 g/mol. The van der Waals surface area contributed by atoms with E-state index < -0.39 is 14.4 Å². The summed E-state index contributed by atoms with van der Waals surface area (Å²) in [6.07, 6.45) is -0.257. The lowest BCUT2D eigenvalue weighted by molar-refractivity contribution is 0.143. The molecule has 0 aliphatic carbocycles. The zero-order valence-electron chi connectivity index (χ0n) is 15.7. The van der Waals surface area contributed by atoms with E-state index in [4.69, 9.17) is 9.96 Å². The third-order valence-electron chi connectivity index (χ3n) is 4.54. The number of aliphatic hydroxyl groups is 1. The zero-order valence-corrected chi connectivity index (χ0v) is 16.7. The van der Waals surface area contributed by atoms with E-state index in [1.54, 1.807) is 0 Å². The van der Waals surface area contributed by atoms with Crippen LogP contribution in [0.1, 0.15) is 27.2 Å². The lowest BCUT2D eigenvalue weighted by Gasteiger charge is -2.43. The molecule has 0 aliphatic rings. The molecule has 0 fully saturated rings. The minimum Gasteiger partial charge on any atom is -0.407 e. The van der Waals surface area contributed by atoms with E-state index in [2.05, 4.69) is 55.1 Å². The highest BCUT2D eigenvalue weighted by Gasteiger charge is 2.49. The number of nitrogens with zero attached hydrogens (tertiary/aromatic N) is 3. The fourth-order valence-electron chi connectivity index (χ4n) is 3.33. The van der Waals surface area contributed by atoms with Crippen LogP contribution < -0.4 is 10.4 Å². The molecule has 0 heterocycles. The van der Waals surface area contributed by atoms with E-state index in [1.807, 2.05) is 36.4 Å². The highest BCUT2D eigenvalue weighted by atomic mass is 28.4. The van der Waals surface area contributed by atoms with Gasteiger partial charge in [-0.1, -0.05) is 86.5 Å². The molecular formula is C20H27N3O2Si. The summed E-state index contributed by atoms with van der Waals surface area (Å²) in [4.78, 5) is 2.70. The molecule has 2 rings (SSSR count). The summed E-state index contributed by atoms with van der Waals surface area (Å²) in [5, 5.41) is 15.8. The standard InChI is InChI=1S/C20H27N3O2Si/c1-20(2,3)26(18-10-6-4-7-11-18,19-12-8-5-9-13-19)25-15-14-17(24)16-22-23-21/h4-13,17,24H,14-16H2,1-3H3. The number of hydrogen-bond donors (Lipinski definition) is 1. The fraction of sp³-hybridized carbons (Fsp3) is 0.400. The van der Waals surface area contributed by atoms with Crippen molar-refractivity contribution in [3.05, 3.63) is 71.1 Å². The van der Waals surface area contributed by atoms with Gasteiger partial charge in [-0.05, 0) is 27.4 Å². The summed E-state index contributed by atoms with van der Waals surface area (Å²) in [5.41, 5.74) is 8.40. The summed E-state index contributed by atoms with van der Waals surface area (Å²) in [5.74, 6) is 0. The van der Waals surface area contributed by atoms with Crippen molar-refractivity contribution in [1.29, 1.82) is 0 Å². The first-order valence-electron chi connectivity index (χ1n) is 8.86. The smallest absolute Gasteiger partial charge is 0.261 e. The molecule has 0 saturated heterocycles. The Labute approximate surface area is 156 Å². The van der Waals surface area contributed by atoms with Gasteiger partial charge in [0.1, 0.15) is 0 Å². The molecule has 1 N–H and O–H groups in total. The number of hydrogen-bond acceptors (Lipinski definition) is 3. The molecule has 1 atom stereocenters. The third kappa shape index (κ3) is 4.53. The van der Waals surface area contributed by atoms with Gasteiger partial charge in [-0.25, -0.2) is 0 Å². The van der Waals surface area contributed by atoms with Crippen LogP contribution in [0.2, 0.25) is 5.04 Å². The van der Waals surface area contributed by atoms with Crippen molar-refractivity contribution >= 4 is 18.7 Å². The Kier molecular flexibility index (Phi) is 7.00. The van der Waals surface area contributed by atoms with Crippen LogP contribution in [-0.4, -0.2) is 32.7 Å². The zero-order chi connectivity index (χ0) is 19.0. The van der Waals surface area contributed by atoms with Crippen molar-refractivity contribution in [3.63, 3.8) is 0 Å². The molecule has 0 radical (unpaired) electrons. The van der Waals surface area contributed by atoms with E-state index in [0.717, 1.165) is 0 Å². The van der Waals surface area contributed by atoms with Gasteiger partial charge in [0.15, 0.2) is 0 Å². The van der Waals surface area contributed by atoms with Crippen LogP contribution in [0.25, 0.3) is 10.4 Å². The highest BCUT2D eigenvalue weighted by molar-refractivity contribution is 6.99. The summed E-state index contributed by atoms with van der Waals surface area (Å²) in [6.45, 7) is 7.14. The van der Waals surface area contributed by atoms with Crippen LogP contribution in [0.4, 0.5) is 0 Å². The number of benzene rings is 2. The first kappa shape index (κ1) is 20.2. The molecule has 0 amide bonds. The quantitative estimate of drug-likeness (QED) is 0.334. The van der Waals surface area contributed by atoms with Gasteiger partial charge >= 0.3 is 0 Å². The van der Waals surface area contributed by atoms with E-state index in [9.17, 15) is 5.11 Å². The third-order valence-corrected chi connectivity index (χ3v) is 9.58. The molecule has 0 saturated carbocycles. The summed E-state index contributed by atoms with van der Waals surface area (Å²) < 4.78 is 6.66. The Morgan fingerprint density at radius 3 is 1.96 bits per heavy atom. The maximum absolute atomic E-state index is 9.99. The SMILES string of the molecule is CC(C)(C)[Si](OCCC(O)CN=[N+]=[N-])(c1ccccc1)c1ccccc1. The van der Waals surface area contributed by atoms with Crippen LogP contribution >= 0.6 is 0 Å². The summed E-state index contributed by atoms with van der Waals surface area (Å²) in [7, 11) is -2.56. The van der Waals surface area contributed by atoms with Crippen molar-refractivity contribution < 1.29 is 9.53 Å². The van der Waals surface area contributed by atoms with Crippen molar-refractivity contribution in [2.75, 3.05) is 13.2 Å². The normalized spacial score (nSPS) is 13.1. The van der Waals surface area contributed by atoms with Gasteiger partial charge in [-0.2, -0.15) is 0 Å². The molecule has 0 aliphatic heterocycles.